The maximum atomic E-state index is 12.7. The van der Waals surface area contributed by atoms with Crippen LogP contribution in [-0.2, 0) is 5.60 Å². The molecule has 0 radical (unpaired) electrons. The van der Waals surface area contributed by atoms with Crippen LogP contribution in [0.15, 0.2) is 48.2 Å². The molecule has 3 aromatic heterocycles. The van der Waals surface area contributed by atoms with Gasteiger partial charge in [0.2, 0.25) is 5.95 Å². The van der Waals surface area contributed by atoms with Crippen LogP contribution in [0.25, 0.3) is 16.7 Å². The summed E-state index contributed by atoms with van der Waals surface area (Å²) >= 11 is 1.32. The summed E-state index contributed by atoms with van der Waals surface area (Å²) in [6.45, 7) is 1.58. The summed E-state index contributed by atoms with van der Waals surface area (Å²) in [4.78, 5) is 26.7. The van der Waals surface area contributed by atoms with Gasteiger partial charge in [0, 0.05) is 54.7 Å². The Hall–Kier alpha value is -3.74. The SMILES string of the molecule is CN(C)C(=O)c1ccc(-n2ccc3cnc(N)nc32)cc1C#CC(C)(O)c1nccs1. The van der Waals surface area contributed by atoms with E-state index in [4.69, 9.17) is 5.73 Å². The standard InChI is InChI=1S/C22H20N6O2S/c1-22(30,20-24-9-11-31-20)8-6-14-12-16(4-5-17(14)19(29)27(2)3)28-10-7-15-13-25-21(23)26-18(15)28/h4-5,7,9-13,30H,1-3H3,(H2,23,25,26). The molecule has 0 aliphatic carbocycles. The number of rotatable bonds is 3. The van der Waals surface area contributed by atoms with E-state index in [1.165, 1.54) is 16.2 Å². The Labute approximate surface area is 183 Å². The van der Waals surface area contributed by atoms with Gasteiger partial charge in [-0.25, -0.2) is 9.97 Å². The van der Waals surface area contributed by atoms with Crippen molar-refractivity contribution >= 4 is 34.2 Å². The molecule has 9 heteroatoms. The van der Waals surface area contributed by atoms with E-state index in [2.05, 4.69) is 26.8 Å². The first-order valence-electron chi connectivity index (χ1n) is 9.37. The maximum Gasteiger partial charge on any atom is 0.254 e. The van der Waals surface area contributed by atoms with Crippen LogP contribution in [0, 0.1) is 11.8 Å². The largest absolute Gasteiger partial charge is 0.371 e. The molecule has 0 spiro atoms. The van der Waals surface area contributed by atoms with Gasteiger partial charge in [-0.05, 0) is 31.2 Å². The van der Waals surface area contributed by atoms with Gasteiger partial charge in [-0.1, -0.05) is 11.8 Å². The molecule has 1 aromatic carbocycles. The highest BCUT2D eigenvalue weighted by molar-refractivity contribution is 7.09. The van der Waals surface area contributed by atoms with Crippen molar-refractivity contribution in [2.45, 2.75) is 12.5 Å². The van der Waals surface area contributed by atoms with E-state index < -0.39 is 5.60 Å². The second-order valence-corrected chi connectivity index (χ2v) is 8.18. The van der Waals surface area contributed by atoms with E-state index in [0.717, 1.165) is 11.1 Å². The number of amides is 1. The minimum Gasteiger partial charge on any atom is -0.371 e. The molecule has 0 fully saturated rings. The third-order valence-electron chi connectivity index (χ3n) is 4.65. The molecule has 4 rings (SSSR count). The van der Waals surface area contributed by atoms with Gasteiger partial charge in [0.05, 0.1) is 5.56 Å². The van der Waals surface area contributed by atoms with Gasteiger partial charge < -0.3 is 20.3 Å². The average Bonchev–Trinajstić information content (AvgIpc) is 3.42. The monoisotopic (exact) mass is 432 g/mol. The summed E-state index contributed by atoms with van der Waals surface area (Å²) in [5.74, 6) is 5.83. The number of anilines is 1. The molecule has 31 heavy (non-hydrogen) atoms. The summed E-state index contributed by atoms with van der Waals surface area (Å²) in [5.41, 5.74) is 6.63. The molecule has 1 unspecified atom stereocenters. The fourth-order valence-electron chi connectivity index (χ4n) is 3.06. The third-order valence-corrected chi connectivity index (χ3v) is 5.64. The highest BCUT2D eigenvalue weighted by Gasteiger charge is 2.23. The second-order valence-electron chi connectivity index (χ2n) is 7.28. The van der Waals surface area contributed by atoms with Crippen LogP contribution in [0.3, 0.4) is 0 Å². The van der Waals surface area contributed by atoms with Crippen molar-refractivity contribution in [3.05, 3.63) is 64.4 Å². The fourth-order valence-corrected chi connectivity index (χ4v) is 3.71. The zero-order chi connectivity index (χ0) is 22.2. The normalized spacial score (nSPS) is 12.8. The van der Waals surface area contributed by atoms with Crippen molar-refractivity contribution in [3.8, 4) is 17.5 Å². The Balaban J connectivity index is 1.85. The molecule has 0 aliphatic rings. The summed E-state index contributed by atoms with van der Waals surface area (Å²) in [6, 6.07) is 7.21. The minimum atomic E-state index is -1.44. The molecule has 0 aliphatic heterocycles. The number of aliphatic hydroxyl groups is 1. The molecule has 3 N–H and O–H groups in total. The molecule has 4 aromatic rings. The van der Waals surface area contributed by atoms with Crippen molar-refractivity contribution in [1.82, 2.24) is 24.4 Å². The molecule has 1 atom stereocenters. The number of benzene rings is 1. The van der Waals surface area contributed by atoms with Crippen LogP contribution in [0.4, 0.5) is 5.95 Å². The van der Waals surface area contributed by atoms with E-state index in [9.17, 15) is 9.90 Å². The first kappa shape index (κ1) is 20.5. The Morgan fingerprint density at radius 3 is 2.81 bits per heavy atom. The van der Waals surface area contributed by atoms with E-state index in [1.807, 2.05) is 22.9 Å². The van der Waals surface area contributed by atoms with E-state index in [1.54, 1.807) is 50.9 Å². The summed E-state index contributed by atoms with van der Waals surface area (Å²) in [5, 5.41) is 13.8. The summed E-state index contributed by atoms with van der Waals surface area (Å²) in [6.07, 6.45) is 5.12. The predicted octanol–water partition coefficient (Wildman–Crippen LogP) is 2.42. The highest BCUT2D eigenvalue weighted by Crippen LogP contribution is 2.24. The number of carbonyl (C=O) groups excluding carboxylic acids is 1. The lowest BCUT2D eigenvalue weighted by Gasteiger charge is -2.15. The zero-order valence-electron chi connectivity index (χ0n) is 17.2. The Kier molecular flexibility index (Phi) is 5.19. The number of fused-ring (bicyclic) bond motifs is 1. The van der Waals surface area contributed by atoms with Crippen molar-refractivity contribution in [2.24, 2.45) is 0 Å². The van der Waals surface area contributed by atoms with Crippen LogP contribution >= 0.6 is 11.3 Å². The average molecular weight is 433 g/mol. The van der Waals surface area contributed by atoms with Crippen molar-refractivity contribution < 1.29 is 9.90 Å². The van der Waals surface area contributed by atoms with Crippen LogP contribution in [0.5, 0.6) is 0 Å². The van der Waals surface area contributed by atoms with Gasteiger partial charge in [-0.2, -0.15) is 4.98 Å². The zero-order valence-corrected chi connectivity index (χ0v) is 18.0. The molecular weight excluding hydrogens is 412 g/mol. The summed E-state index contributed by atoms with van der Waals surface area (Å²) < 4.78 is 1.85. The molecule has 156 valence electrons. The number of thiazole rings is 1. The number of hydrogen-bond donors (Lipinski definition) is 2. The number of nitrogen functional groups attached to an aromatic ring is 1. The highest BCUT2D eigenvalue weighted by atomic mass is 32.1. The van der Waals surface area contributed by atoms with Gasteiger partial charge >= 0.3 is 0 Å². The minimum absolute atomic E-state index is 0.173. The Morgan fingerprint density at radius 2 is 2.10 bits per heavy atom. The van der Waals surface area contributed by atoms with E-state index in [0.29, 0.717) is 21.8 Å². The number of nitrogens with zero attached hydrogens (tertiary/aromatic N) is 5. The fraction of sp³-hybridized carbons (Fsp3) is 0.182. The lowest BCUT2D eigenvalue weighted by molar-refractivity contribution is 0.0827. The first-order valence-corrected chi connectivity index (χ1v) is 10.3. The van der Waals surface area contributed by atoms with Crippen molar-refractivity contribution in [3.63, 3.8) is 0 Å². The molecule has 0 saturated heterocycles. The van der Waals surface area contributed by atoms with Gasteiger partial charge in [0.1, 0.15) is 10.7 Å². The molecule has 8 nitrogen and oxygen atoms in total. The molecule has 3 heterocycles. The van der Waals surface area contributed by atoms with Gasteiger partial charge in [-0.3, -0.25) is 4.79 Å². The first-order chi connectivity index (χ1) is 14.8. The van der Waals surface area contributed by atoms with Crippen LogP contribution in [0.2, 0.25) is 0 Å². The lowest BCUT2D eigenvalue weighted by Crippen LogP contribution is -2.23. The maximum absolute atomic E-state index is 12.7. The van der Waals surface area contributed by atoms with Gasteiger partial charge in [-0.15, -0.1) is 11.3 Å². The van der Waals surface area contributed by atoms with Crippen molar-refractivity contribution in [1.29, 1.82) is 0 Å². The van der Waals surface area contributed by atoms with Gasteiger partial charge in [0.15, 0.2) is 5.60 Å². The Morgan fingerprint density at radius 1 is 1.29 bits per heavy atom. The molecular formula is C22H20N6O2S. The number of hydrogen-bond acceptors (Lipinski definition) is 7. The predicted molar refractivity (Wildman–Crippen MR) is 120 cm³/mol. The van der Waals surface area contributed by atoms with Crippen molar-refractivity contribution in [2.75, 3.05) is 19.8 Å². The summed E-state index contributed by atoms with van der Waals surface area (Å²) in [7, 11) is 3.36. The number of carbonyl (C=O) groups is 1. The number of nitrogens with two attached hydrogens (primary N) is 1. The van der Waals surface area contributed by atoms with Gasteiger partial charge in [0.25, 0.3) is 5.91 Å². The third kappa shape index (κ3) is 3.99. The number of aromatic nitrogens is 4. The smallest absolute Gasteiger partial charge is 0.254 e. The van der Waals surface area contributed by atoms with E-state index in [-0.39, 0.29) is 11.9 Å². The Bertz CT molecular complexity index is 1330. The van der Waals surface area contributed by atoms with Crippen LogP contribution < -0.4 is 5.73 Å². The molecule has 1 amide bonds. The second kappa shape index (κ2) is 7.83. The molecule has 0 bridgehead atoms. The van der Waals surface area contributed by atoms with E-state index >= 15 is 0 Å². The topological polar surface area (TPSA) is 110 Å². The van der Waals surface area contributed by atoms with Crippen LogP contribution in [0.1, 0.15) is 27.9 Å². The van der Waals surface area contributed by atoms with Crippen LogP contribution in [-0.4, -0.2) is 49.5 Å². The quantitative estimate of drug-likeness (QED) is 0.481. The lowest BCUT2D eigenvalue weighted by atomic mass is 10.0. The molecule has 0 saturated carbocycles.